The lowest BCUT2D eigenvalue weighted by atomic mass is 9.99. The molecule has 1 atom stereocenters. The normalized spacial score (nSPS) is 25.4. The van der Waals surface area contributed by atoms with Gasteiger partial charge in [-0.2, -0.15) is 0 Å². The summed E-state index contributed by atoms with van der Waals surface area (Å²) < 4.78 is 0. The van der Waals surface area contributed by atoms with Crippen molar-refractivity contribution in [2.45, 2.75) is 32.6 Å². The lowest BCUT2D eigenvalue weighted by molar-refractivity contribution is -0.124. The number of hydrogen-bond acceptors (Lipinski definition) is 1. The molecule has 0 spiro atoms. The molecule has 1 aliphatic rings. The molecule has 1 amide bonds. The summed E-state index contributed by atoms with van der Waals surface area (Å²) in [6.07, 6.45) is 8.37. The van der Waals surface area contributed by atoms with Crippen molar-refractivity contribution in [3.8, 4) is 0 Å². The molecule has 0 aliphatic carbocycles. The number of hydrogen-bond donors (Lipinski definition) is 1. The molecule has 0 aromatic rings. The predicted octanol–water partition coefficient (Wildman–Crippen LogP) is 1.87. The summed E-state index contributed by atoms with van der Waals surface area (Å²) >= 11 is 0. The van der Waals surface area contributed by atoms with Crippen molar-refractivity contribution >= 4 is 5.91 Å². The minimum atomic E-state index is 0.226. The maximum absolute atomic E-state index is 11.4. The largest absolute Gasteiger partial charge is 0.356 e. The van der Waals surface area contributed by atoms with Crippen molar-refractivity contribution in [3.05, 3.63) is 12.2 Å². The van der Waals surface area contributed by atoms with Crippen molar-refractivity contribution in [1.82, 2.24) is 5.32 Å². The topological polar surface area (TPSA) is 29.1 Å². The van der Waals surface area contributed by atoms with Crippen molar-refractivity contribution in [2.75, 3.05) is 6.54 Å². The summed E-state index contributed by atoms with van der Waals surface area (Å²) in [5.74, 6) is 0.467. The van der Waals surface area contributed by atoms with E-state index in [0.717, 1.165) is 25.8 Å². The van der Waals surface area contributed by atoms with Crippen LogP contribution in [-0.4, -0.2) is 12.5 Å². The molecule has 1 fully saturated rings. The molecule has 1 N–H and O–H groups in total. The van der Waals surface area contributed by atoms with Crippen LogP contribution in [0.4, 0.5) is 0 Å². The van der Waals surface area contributed by atoms with Crippen LogP contribution < -0.4 is 5.32 Å². The molecule has 1 unspecified atom stereocenters. The third-order valence-electron chi connectivity index (χ3n) is 2.31. The standard InChI is InChI=1S/C10H17NO/c1-2-3-6-9-7-4-5-8-11-10(9)12/h2-3,9H,4-8H2,1H3,(H,11,12)/b3-2+. The van der Waals surface area contributed by atoms with Gasteiger partial charge in [0.25, 0.3) is 0 Å². The number of carbonyl (C=O) groups excluding carboxylic acids is 1. The molecule has 1 heterocycles. The molecule has 2 nitrogen and oxygen atoms in total. The lowest BCUT2D eigenvalue weighted by Gasteiger charge is -2.09. The maximum atomic E-state index is 11.4. The lowest BCUT2D eigenvalue weighted by Crippen LogP contribution is -2.28. The Morgan fingerprint density at radius 2 is 2.42 bits per heavy atom. The zero-order valence-corrected chi connectivity index (χ0v) is 7.68. The molecule has 0 bridgehead atoms. The van der Waals surface area contributed by atoms with E-state index in [1.54, 1.807) is 0 Å². The molecule has 0 radical (unpaired) electrons. The van der Waals surface area contributed by atoms with Crippen LogP contribution >= 0.6 is 0 Å². The number of amides is 1. The minimum Gasteiger partial charge on any atom is -0.356 e. The Labute approximate surface area is 74.0 Å². The van der Waals surface area contributed by atoms with Crippen LogP contribution in [0.15, 0.2) is 12.2 Å². The van der Waals surface area contributed by atoms with Crippen LogP contribution in [0, 0.1) is 5.92 Å². The monoisotopic (exact) mass is 167 g/mol. The van der Waals surface area contributed by atoms with E-state index in [2.05, 4.69) is 11.4 Å². The average Bonchev–Trinajstić information content (AvgIpc) is 2.27. The highest BCUT2D eigenvalue weighted by molar-refractivity contribution is 5.78. The van der Waals surface area contributed by atoms with Gasteiger partial charge in [0.2, 0.25) is 5.91 Å². The van der Waals surface area contributed by atoms with E-state index in [1.807, 2.05) is 13.0 Å². The highest BCUT2D eigenvalue weighted by Crippen LogP contribution is 2.16. The van der Waals surface area contributed by atoms with Gasteiger partial charge in [0.1, 0.15) is 0 Å². The molecule has 0 aromatic heterocycles. The van der Waals surface area contributed by atoms with Crippen molar-refractivity contribution < 1.29 is 4.79 Å². The minimum absolute atomic E-state index is 0.226. The summed E-state index contributed by atoms with van der Waals surface area (Å²) in [4.78, 5) is 11.4. The van der Waals surface area contributed by atoms with E-state index in [1.165, 1.54) is 6.42 Å². The molecular weight excluding hydrogens is 150 g/mol. The molecular formula is C10H17NO. The van der Waals surface area contributed by atoms with Crippen LogP contribution in [0.2, 0.25) is 0 Å². The van der Waals surface area contributed by atoms with Gasteiger partial charge in [-0.05, 0) is 26.2 Å². The molecule has 1 saturated heterocycles. The number of allylic oxidation sites excluding steroid dienone is 2. The zero-order valence-electron chi connectivity index (χ0n) is 7.68. The first-order valence-corrected chi connectivity index (χ1v) is 4.73. The SMILES string of the molecule is C/C=C/CC1CCCCNC1=O. The van der Waals surface area contributed by atoms with E-state index in [-0.39, 0.29) is 11.8 Å². The Hall–Kier alpha value is -0.790. The van der Waals surface area contributed by atoms with Gasteiger partial charge in [-0.1, -0.05) is 18.6 Å². The van der Waals surface area contributed by atoms with E-state index in [4.69, 9.17) is 0 Å². The first kappa shape index (κ1) is 9.30. The summed E-state index contributed by atoms with van der Waals surface area (Å²) in [5, 5.41) is 2.93. The first-order chi connectivity index (χ1) is 5.84. The van der Waals surface area contributed by atoms with Crippen molar-refractivity contribution in [1.29, 1.82) is 0 Å². The number of carbonyl (C=O) groups is 1. The Kier molecular flexibility index (Phi) is 3.85. The summed E-state index contributed by atoms with van der Waals surface area (Å²) in [5.41, 5.74) is 0. The Balaban J connectivity index is 2.42. The van der Waals surface area contributed by atoms with Crippen LogP contribution in [0.5, 0.6) is 0 Å². The number of rotatable bonds is 2. The second-order valence-electron chi connectivity index (χ2n) is 3.29. The fourth-order valence-electron chi connectivity index (χ4n) is 1.53. The van der Waals surface area contributed by atoms with Gasteiger partial charge in [-0.3, -0.25) is 4.79 Å². The van der Waals surface area contributed by atoms with E-state index in [0.29, 0.717) is 0 Å². The molecule has 2 heteroatoms. The second kappa shape index (κ2) is 4.96. The van der Waals surface area contributed by atoms with Crippen LogP contribution in [-0.2, 0) is 4.79 Å². The summed E-state index contributed by atoms with van der Waals surface area (Å²) in [6, 6.07) is 0. The molecule has 1 rings (SSSR count). The van der Waals surface area contributed by atoms with Gasteiger partial charge in [-0.25, -0.2) is 0 Å². The third kappa shape index (κ3) is 2.68. The molecule has 0 saturated carbocycles. The fraction of sp³-hybridized carbons (Fsp3) is 0.700. The average molecular weight is 167 g/mol. The Morgan fingerprint density at radius 1 is 1.58 bits per heavy atom. The summed E-state index contributed by atoms with van der Waals surface area (Å²) in [7, 11) is 0. The zero-order chi connectivity index (χ0) is 8.81. The van der Waals surface area contributed by atoms with Crippen LogP contribution in [0.25, 0.3) is 0 Å². The van der Waals surface area contributed by atoms with Crippen LogP contribution in [0.1, 0.15) is 32.6 Å². The van der Waals surface area contributed by atoms with Crippen LogP contribution in [0.3, 0.4) is 0 Å². The molecule has 0 aromatic carbocycles. The van der Waals surface area contributed by atoms with E-state index >= 15 is 0 Å². The predicted molar refractivity (Wildman–Crippen MR) is 49.8 cm³/mol. The quantitative estimate of drug-likeness (QED) is 0.625. The number of nitrogens with one attached hydrogen (secondary N) is 1. The van der Waals surface area contributed by atoms with E-state index in [9.17, 15) is 4.79 Å². The fourth-order valence-corrected chi connectivity index (χ4v) is 1.53. The second-order valence-corrected chi connectivity index (χ2v) is 3.29. The van der Waals surface area contributed by atoms with Gasteiger partial charge < -0.3 is 5.32 Å². The first-order valence-electron chi connectivity index (χ1n) is 4.73. The highest BCUT2D eigenvalue weighted by atomic mass is 16.1. The van der Waals surface area contributed by atoms with Crippen molar-refractivity contribution in [2.24, 2.45) is 5.92 Å². The Morgan fingerprint density at radius 3 is 3.17 bits per heavy atom. The smallest absolute Gasteiger partial charge is 0.223 e. The van der Waals surface area contributed by atoms with Gasteiger partial charge >= 0.3 is 0 Å². The maximum Gasteiger partial charge on any atom is 0.223 e. The molecule has 12 heavy (non-hydrogen) atoms. The van der Waals surface area contributed by atoms with Gasteiger partial charge in [0, 0.05) is 12.5 Å². The molecule has 1 aliphatic heterocycles. The third-order valence-corrected chi connectivity index (χ3v) is 2.31. The van der Waals surface area contributed by atoms with Gasteiger partial charge in [0.15, 0.2) is 0 Å². The van der Waals surface area contributed by atoms with Gasteiger partial charge in [0.05, 0.1) is 0 Å². The van der Waals surface area contributed by atoms with E-state index < -0.39 is 0 Å². The van der Waals surface area contributed by atoms with Gasteiger partial charge in [-0.15, -0.1) is 0 Å². The highest BCUT2D eigenvalue weighted by Gasteiger charge is 2.18. The Bertz CT molecular complexity index is 175. The van der Waals surface area contributed by atoms with Crippen molar-refractivity contribution in [3.63, 3.8) is 0 Å². The summed E-state index contributed by atoms with van der Waals surface area (Å²) in [6.45, 7) is 2.86. The molecule has 68 valence electrons.